The molecule has 2 fully saturated rings. The van der Waals surface area contributed by atoms with E-state index >= 15 is 0 Å². The van der Waals surface area contributed by atoms with E-state index in [1.54, 1.807) is 6.07 Å². The van der Waals surface area contributed by atoms with Gasteiger partial charge in [0.25, 0.3) is 5.91 Å². The second kappa shape index (κ2) is 13.2. The molecule has 1 aromatic heterocycles. The van der Waals surface area contributed by atoms with Crippen molar-refractivity contribution in [3.8, 4) is 11.5 Å². The maximum absolute atomic E-state index is 13.4. The zero-order valence-electron chi connectivity index (χ0n) is 22.3. The van der Waals surface area contributed by atoms with Crippen LogP contribution in [0.1, 0.15) is 82.6 Å². The first-order valence-corrected chi connectivity index (χ1v) is 13.9. The van der Waals surface area contributed by atoms with Crippen molar-refractivity contribution < 1.29 is 19.0 Å². The average Bonchev–Trinajstić information content (AvgIpc) is 3.15. The van der Waals surface area contributed by atoms with Crippen LogP contribution in [0.5, 0.6) is 11.5 Å². The van der Waals surface area contributed by atoms with E-state index in [0.717, 1.165) is 49.9 Å². The average molecular weight is 498 g/mol. The van der Waals surface area contributed by atoms with Crippen molar-refractivity contribution >= 4 is 16.8 Å². The van der Waals surface area contributed by atoms with Crippen molar-refractivity contribution in [2.45, 2.75) is 90.3 Å². The number of nitrogens with zero attached hydrogens (tertiary/aromatic N) is 2. The minimum absolute atomic E-state index is 0.117. The standard InChI is InChI=1S/C29H43N3O4/c1-4-34-17-18-35-27-19-25(29(33)30-22-11-10-16-32(20-22)21(2)3)31-28-24(27)14-9-15-26(28)36-23-12-7-5-6-8-13-23/h9,14-15,19,21-23H,4-8,10-13,16-18,20H2,1-3H3,(H,30,33)/t22-/m1/s1. The highest BCUT2D eigenvalue weighted by Crippen LogP contribution is 2.34. The van der Waals surface area contributed by atoms with Gasteiger partial charge in [0.05, 0.1) is 12.7 Å². The van der Waals surface area contributed by atoms with Gasteiger partial charge in [-0.1, -0.05) is 18.9 Å². The normalized spacial score (nSPS) is 19.8. The van der Waals surface area contributed by atoms with Crippen LogP contribution in [0.4, 0.5) is 0 Å². The van der Waals surface area contributed by atoms with E-state index < -0.39 is 0 Å². The number of carbonyl (C=O) groups is 1. The van der Waals surface area contributed by atoms with E-state index in [9.17, 15) is 4.79 Å². The predicted octanol–water partition coefficient (Wildman–Crippen LogP) is 5.35. The van der Waals surface area contributed by atoms with Gasteiger partial charge >= 0.3 is 0 Å². The Morgan fingerprint density at radius 1 is 1.08 bits per heavy atom. The number of piperidine rings is 1. The number of pyridine rings is 1. The number of benzene rings is 1. The minimum atomic E-state index is -0.161. The zero-order chi connectivity index (χ0) is 25.3. The molecular formula is C29H43N3O4. The summed E-state index contributed by atoms with van der Waals surface area (Å²) in [5.41, 5.74) is 1.06. The maximum Gasteiger partial charge on any atom is 0.270 e. The lowest BCUT2D eigenvalue weighted by Gasteiger charge is -2.35. The van der Waals surface area contributed by atoms with Gasteiger partial charge in [0.2, 0.25) is 0 Å². The molecule has 1 aromatic carbocycles. The Labute approximate surface area is 215 Å². The van der Waals surface area contributed by atoms with E-state index in [4.69, 9.17) is 19.2 Å². The molecule has 1 aliphatic carbocycles. The number of hydrogen-bond acceptors (Lipinski definition) is 6. The number of aromatic nitrogens is 1. The molecule has 2 heterocycles. The van der Waals surface area contributed by atoms with E-state index in [2.05, 4.69) is 24.1 Å². The lowest BCUT2D eigenvalue weighted by atomic mass is 10.0. The van der Waals surface area contributed by atoms with E-state index in [1.165, 1.54) is 25.7 Å². The van der Waals surface area contributed by atoms with Crippen LogP contribution in [-0.2, 0) is 4.74 Å². The number of ether oxygens (including phenoxy) is 3. The molecule has 1 aliphatic heterocycles. The summed E-state index contributed by atoms with van der Waals surface area (Å²) < 4.78 is 18.1. The molecule has 0 unspecified atom stereocenters. The summed E-state index contributed by atoms with van der Waals surface area (Å²) in [7, 11) is 0. The molecule has 198 valence electrons. The monoisotopic (exact) mass is 497 g/mol. The topological polar surface area (TPSA) is 72.9 Å². The molecule has 1 saturated heterocycles. The van der Waals surface area contributed by atoms with E-state index in [1.807, 2.05) is 25.1 Å². The van der Waals surface area contributed by atoms with E-state index in [0.29, 0.717) is 42.8 Å². The molecule has 0 spiro atoms. The Morgan fingerprint density at radius 3 is 2.64 bits per heavy atom. The van der Waals surface area contributed by atoms with Crippen LogP contribution >= 0.6 is 0 Å². The summed E-state index contributed by atoms with van der Waals surface area (Å²) in [6.45, 7) is 9.87. The summed E-state index contributed by atoms with van der Waals surface area (Å²) >= 11 is 0. The van der Waals surface area contributed by atoms with Crippen molar-refractivity contribution in [1.82, 2.24) is 15.2 Å². The van der Waals surface area contributed by atoms with Crippen molar-refractivity contribution in [3.05, 3.63) is 30.0 Å². The molecule has 7 nitrogen and oxygen atoms in total. The summed E-state index contributed by atoms with van der Waals surface area (Å²) in [5.74, 6) is 1.21. The highest BCUT2D eigenvalue weighted by molar-refractivity contribution is 5.98. The third-order valence-corrected chi connectivity index (χ3v) is 7.30. The van der Waals surface area contributed by atoms with Crippen molar-refractivity contribution in [2.24, 2.45) is 0 Å². The number of fused-ring (bicyclic) bond motifs is 1. The third kappa shape index (κ3) is 7.10. The zero-order valence-corrected chi connectivity index (χ0v) is 22.3. The Balaban J connectivity index is 1.60. The second-order valence-corrected chi connectivity index (χ2v) is 10.3. The predicted molar refractivity (Wildman–Crippen MR) is 143 cm³/mol. The lowest BCUT2D eigenvalue weighted by molar-refractivity contribution is 0.0881. The Morgan fingerprint density at radius 2 is 1.89 bits per heavy atom. The van der Waals surface area contributed by atoms with Crippen molar-refractivity contribution in [1.29, 1.82) is 0 Å². The van der Waals surface area contributed by atoms with Crippen molar-refractivity contribution in [3.63, 3.8) is 0 Å². The fourth-order valence-corrected chi connectivity index (χ4v) is 5.27. The Bertz CT molecular complexity index is 988. The Hall–Kier alpha value is -2.38. The van der Waals surface area contributed by atoms with Gasteiger partial charge in [-0.15, -0.1) is 0 Å². The molecule has 0 radical (unpaired) electrons. The molecule has 1 atom stereocenters. The van der Waals surface area contributed by atoms with Crippen LogP contribution in [0.2, 0.25) is 0 Å². The molecule has 2 aromatic rings. The van der Waals surface area contributed by atoms with Gasteiger partial charge in [-0.2, -0.15) is 0 Å². The van der Waals surface area contributed by atoms with Crippen molar-refractivity contribution in [2.75, 3.05) is 32.9 Å². The largest absolute Gasteiger partial charge is 0.490 e. The van der Waals surface area contributed by atoms with Gasteiger partial charge in [0.15, 0.2) is 0 Å². The molecule has 0 bridgehead atoms. The summed E-state index contributed by atoms with van der Waals surface area (Å²) in [6.07, 6.45) is 9.29. The molecule has 1 saturated carbocycles. The van der Waals surface area contributed by atoms with Gasteiger partial charge in [-0.05, 0) is 78.0 Å². The SMILES string of the molecule is CCOCCOc1cc(C(=O)N[C@@H]2CCCN(C(C)C)C2)nc2c(OC3CCCCCC3)cccc12. The van der Waals surface area contributed by atoms with Crippen LogP contribution < -0.4 is 14.8 Å². The lowest BCUT2D eigenvalue weighted by Crippen LogP contribution is -2.49. The number of hydrogen-bond donors (Lipinski definition) is 1. The molecule has 36 heavy (non-hydrogen) atoms. The smallest absolute Gasteiger partial charge is 0.270 e. The molecule has 7 heteroatoms. The molecule has 1 amide bonds. The highest BCUT2D eigenvalue weighted by Gasteiger charge is 2.25. The van der Waals surface area contributed by atoms with Crippen LogP contribution in [0, 0.1) is 0 Å². The number of amides is 1. The first-order valence-electron chi connectivity index (χ1n) is 13.9. The number of rotatable bonds is 10. The van der Waals surface area contributed by atoms with Crippen LogP contribution in [0.25, 0.3) is 10.9 Å². The minimum Gasteiger partial charge on any atom is -0.490 e. The second-order valence-electron chi connectivity index (χ2n) is 10.3. The van der Waals surface area contributed by atoms with Gasteiger partial charge in [0, 0.05) is 36.7 Å². The van der Waals surface area contributed by atoms with Gasteiger partial charge in [-0.25, -0.2) is 4.98 Å². The number of carbonyl (C=O) groups excluding carboxylic acids is 1. The van der Waals surface area contributed by atoms with Crippen LogP contribution in [-0.4, -0.2) is 66.9 Å². The quantitative estimate of drug-likeness (QED) is 0.352. The molecule has 1 N–H and O–H groups in total. The van der Waals surface area contributed by atoms with Crippen LogP contribution in [0.3, 0.4) is 0 Å². The summed E-state index contributed by atoms with van der Waals surface area (Å²) in [4.78, 5) is 20.6. The number of nitrogens with one attached hydrogen (secondary N) is 1. The summed E-state index contributed by atoms with van der Waals surface area (Å²) in [6, 6.07) is 8.29. The molecule has 2 aliphatic rings. The Kier molecular flexibility index (Phi) is 9.82. The van der Waals surface area contributed by atoms with Gasteiger partial charge < -0.3 is 19.5 Å². The van der Waals surface area contributed by atoms with Gasteiger partial charge in [-0.3, -0.25) is 9.69 Å². The highest BCUT2D eigenvalue weighted by atomic mass is 16.5. The number of likely N-dealkylation sites (tertiary alicyclic amines) is 1. The molecular weight excluding hydrogens is 454 g/mol. The molecule has 4 rings (SSSR count). The number of para-hydroxylation sites is 1. The van der Waals surface area contributed by atoms with Crippen LogP contribution in [0.15, 0.2) is 24.3 Å². The van der Waals surface area contributed by atoms with Gasteiger partial charge in [0.1, 0.15) is 29.3 Å². The van der Waals surface area contributed by atoms with E-state index in [-0.39, 0.29) is 18.1 Å². The third-order valence-electron chi connectivity index (χ3n) is 7.30. The fourth-order valence-electron chi connectivity index (χ4n) is 5.27. The maximum atomic E-state index is 13.4. The summed E-state index contributed by atoms with van der Waals surface area (Å²) in [5, 5.41) is 4.09. The first kappa shape index (κ1) is 26.7. The first-order chi connectivity index (χ1) is 17.5. The fraction of sp³-hybridized carbons (Fsp3) is 0.655.